The molecule has 1 aromatic carbocycles. The van der Waals surface area contributed by atoms with E-state index in [2.05, 4.69) is 15.5 Å². The Labute approximate surface area is 163 Å². The average molecular weight is 397 g/mol. The van der Waals surface area contributed by atoms with Crippen LogP contribution in [0.2, 0.25) is 5.02 Å². The van der Waals surface area contributed by atoms with Crippen LogP contribution in [0.15, 0.2) is 18.2 Å². The van der Waals surface area contributed by atoms with Gasteiger partial charge < -0.3 is 15.4 Å². The fourth-order valence-electron chi connectivity index (χ4n) is 4.23. The van der Waals surface area contributed by atoms with E-state index in [0.717, 1.165) is 52.0 Å². The number of urea groups is 1. The monoisotopic (exact) mass is 396 g/mol. The third-order valence-corrected chi connectivity index (χ3v) is 5.99. The molecule has 2 aliphatic rings. The summed E-state index contributed by atoms with van der Waals surface area (Å²) in [4.78, 5) is 25.2. The second kappa shape index (κ2) is 8.41. The van der Waals surface area contributed by atoms with E-state index in [4.69, 9.17) is 16.3 Å². The highest BCUT2D eigenvalue weighted by atomic mass is 35.5. The maximum absolute atomic E-state index is 12.5. The Hall–Kier alpha value is -1.90. The summed E-state index contributed by atoms with van der Waals surface area (Å²) in [5.74, 6) is 0. The van der Waals surface area contributed by atoms with Gasteiger partial charge in [0.15, 0.2) is 0 Å². The van der Waals surface area contributed by atoms with Gasteiger partial charge in [-0.25, -0.2) is 4.79 Å². The van der Waals surface area contributed by atoms with E-state index in [9.17, 15) is 14.9 Å². The van der Waals surface area contributed by atoms with Crippen LogP contribution in [0.4, 0.5) is 16.2 Å². The van der Waals surface area contributed by atoms with E-state index >= 15 is 0 Å². The average Bonchev–Trinajstić information content (AvgIpc) is 3.15. The maximum atomic E-state index is 12.5. The molecular formula is C18H25ClN4O4. The number of non-ortho nitro benzene ring substituents is 1. The Morgan fingerprint density at radius 1 is 1.33 bits per heavy atom. The van der Waals surface area contributed by atoms with Crippen molar-refractivity contribution in [1.82, 2.24) is 10.2 Å². The molecule has 0 radical (unpaired) electrons. The molecule has 1 unspecified atom stereocenters. The Kier molecular flexibility index (Phi) is 6.18. The first-order chi connectivity index (χ1) is 12.9. The zero-order chi connectivity index (χ0) is 19.4. The standard InChI is InChI=1S/C18H25ClN4O4/c1-13(18(6-2-3-7-18)22-8-10-27-11-9-22)20-17(24)21-16-5-4-14(23(25)26)12-15(16)19/h4-5,12-13H,2-3,6-11H2,1H3,(H2,20,21,24). The molecule has 2 fully saturated rings. The zero-order valence-corrected chi connectivity index (χ0v) is 16.1. The summed E-state index contributed by atoms with van der Waals surface area (Å²) in [6, 6.07) is 3.58. The molecule has 148 valence electrons. The van der Waals surface area contributed by atoms with Crippen molar-refractivity contribution in [2.75, 3.05) is 31.6 Å². The maximum Gasteiger partial charge on any atom is 0.319 e. The summed E-state index contributed by atoms with van der Waals surface area (Å²) in [7, 11) is 0. The molecular weight excluding hydrogens is 372 g/mol. The fourth-order valence-corrected chi connectivity index (χ4v) is 4.45. The van der Waals surface area contributed by atoms with Gasteiger partial charge in [-0.05, 0) is 25.8 Å². The summed E-state index contributed by atoms with van der Waals surface area (Å²) in [6.45, 7) is 5.24. The van der Waals surface area contributed by atoms with Crippen LogP contribution >= 0.6 is 11.6 Å². The number of morpholine rings is 1. The van der Waals surface area contributed by atoms with Gasteiger partial charge in [0.05, 0.1) is 28.8 Å². The van der Waals surface area contributed by atoms with Crippen LogP contribution in [-0.2, 0) is 4.74 Å². The number of nitro benzene ring substituents is 1. The van der Waals surface area contributed by atoms with Gasteiger partial charge in [-0.3, -0.25) is 15.0 Å². The van der Waals surface area contributed by atoms with Gasteiger partial charge in [-0.15, -0.1) is 0 Å². The first-order valence-electron chi connectivity index (χ1n) is 9.27. The van der Waals surface area contributed by atoms with E-state index in [0.29, 0.717) is 5.69 Å². The van der Waals surface area contributed by atoms with Crippen molar-refractivity contribution in [3.8, 4) is 0 Å². The molecule has 2 N–H and O–H groups in total. The minimum atomic E-state index is -0.524. The second-order valence-corrected chi connectivity index (χ2v) is 7.56. The molecule has 2 amide bonds. The predicted octanol–water partition coefficient (Wildman–Crippen LogP) is 3.40. The highest BCUT2D eigenvalue weighted by molar-refractivity contribution is 6.33. The quantitative estimate of drug-likeness (QED) is 0.587. The van der Waals surface area contributed by atoms with Crippen LogP contribution in [0.1, 0.15) is 32.6 Å². The smallest absolute Gasteiger partial charge is 0.319 e. The third kappa shape index (κ3) is 4.34. The van der Waals surface area contributed by atoms with E-state index < -0.39 is 4.92 Å². The van der Waals surface area contributed by atoms with Crippen molar-refractivity contribution in [3.63, 3.8) is 0 Å². The van der Waals surface area contributed by atoms with Gasteiger partial charge in [0.25, 0.3) is 5.69 Å². The van der Waals surface area contributed by atoms with Crippen LogP contribution in [-0.4, -0.2) is 53.7 Å². The number of ether oxygens (including phenoxy) is 1. The molecule has 27 heavy (non-hydrogen) atoms. The number of halogens is 1. The number of nitrogens with one attached hydrogen (secondary N) is 2. The highest BCUT2D eigenvalue weighted by Gasteiger charge is 2.45. The number of hydrogen-bond acceptors (Lipinski definition) is 5. The molecule has 0 spiro atoms. The van der Waals surface area contributed by atoms with E-state index in [1.165, 1.54) is 18.2 Å². The number of carbonyl (C=O) groups is 1. The van der Waals surface area contributed by atoms with Crippen molar-refractivity contribution in [1.29, 1.82) is 0 Å². The lowest BCUT2D eigenvalue weighted by Gasteiger charge is -2.47. The molecule has 1 atom stereocenters. The molecule has 1 aromatic rings. The summed E-state index contributed by atoms with van der Waals surface area (Å²) < 4.78 is 5.48. The number of carbonyl (C=O) groups excluding carboxylic acids is 1. The van der Waals surface area contributed by atoms with Crippen molar-refractivity contribution in [2.45, 2.75) is 44.2 Å². The van der Waals surface area contributed by atoms with Gasteiger partial charge in [0.1, 0.15) is 0 Å². The molecule has 0 bridgehead atoms. The van der Waals surface area contributed by atoms with E-state index in [-0.39, 0.29) is 28.3 Å². The van der Waals surface area contributed by atoms with E-state index in [1.807, 2.05) is 6.92 Å². The molecule has 1 saturated heterocycles. The topological polar surface area (TPSA) is 96.7 Å². The highest BCUT2D eigenvalue weighted by Crippen LogP contribution is 2.38. The number of hydrogen-bond donors (Lipinski definition) is 2. The van der Waals surface area contributed by atoms with Crippen LogP contribution < -0.4 is 10.6 Å². The number of benzene rings is 1. The summed E-state index contributed by atoms with van der Waals surface area (Å²) >= 11 is 6.06. The van der Waals surface area contributed by atoms with Crippen molar-refractivity contribution >= 4 is 29.0 Å². The lowest BCUT2D eigenvalue weighted by molar-refractivity contribution is -0.384. The predicted molar refractivity (Wildman–Crippen MR) is 103 cm³/mol. The van der Waals surface area contributed by atoms with Crippen LogP contribution in [0.5, 0.6) is 0 Å². The molecule has 8 nitrogen and oxygen atoms in total. The van der Waals surface area contributed by atoms with Crippen LogP contribution in [0, 0.1) is 10.1 Å². The lowest BCUT2D eigenvalue weighted by Crippen LogP contribution is -2.62. The summed E-state index contributed by atoms with van der Waals surface area (Å²) in [5.41, 5.74) is 0.177. The first kappa shape index (κ1) is 19.9. The largest absolute Gasteiger partial charge is 0.379 e. The lowest BCUT2D eigenvalue weighted by atomic mass is 9.86. The second-order valence-electron chi connectivity index (χ2n) is 7.15. The minimum Gasteiger partial charge on any atom is -0.379 e. The number of nitro groups is 1. The Morgan fingerprint density at radius 3 is 2.59 bits per heavy atom. The normalized spacial score (nSPS) is 20.8. The number of rotatable bonds is 5. The Morgan fingerprint density at radius 2 is 2.00 bits per heavy atom. The SMILES string of the molecule is CC(NC(=O)Nc1ccc([N+](=O)[O-])cc1Cl)C1(N2CCOCC2)CCCC1. The molecule has 9 heteroatoms. The van der Waals surface area contributed by atoms with Crippen molar-refractivity contribution in [3.05, 3.63) is 33.3 Å². The van der Waals surface area contributed by atoms with Crippen molar-refractivity contribution in [2.24, 2.45) is 0 Å². The summed E-state index contributed by atoms with van der Waals surface area (Å²) in [5, 5.41) is 16.7. The summed E-state index contributed by atoms with van der Waals surface area (Å²) in [6.07, 6.45) is 4.40. The minimum absolute atomic E-state index is 0.0464. The molecule has 1 saturated carbocycles. The zero-order valence-electron chi connectivity index (χ0n) is 15.4. The van der Waals surface area contributed by atoms with Gasteiger partial charge in [0.2, 0.25) is 0 Å². The fraction of sp³-hybridized carbons (Fsp3) is 0.611. The molecule has 3 rings (SSSR count). The molecule has 1 heterocycles. The Bertz CT molecular complexity index is 703. The molecule has 1 aliphatic carbocycles. The van der Waals surface area contributed by atoms with Gasteiger partial charge in [-0.1, -0.05) is 24.4 Å². The van der Waals surface area contributed by atoms with Crippen LogP contribution in [0.25, 0.3) is 0 Å². The number of amides is 2. The van der Waals surface area contributed by atoms with Crippen molar-refractivity contribution < 1.29 is 14.5 Å². The Balaban J connectivity index is 1.66. The van der Waals surface area contributed by atoms with Crippen LogP contribution in [0.3, 0.4) is 0 Å². The number of anilines is 1. The molecule has 0 aromatic heterocycles. The van der Waals surface area contributed by atoms with E-state index in [1.54, 1.807) is 0 Å². The third-order valence-electron chi connectivity index (χ3n) is 5.68. The van der Waals surface area contributed by atoms with Gasteiger partial charge >= 0.3 is 6.03 Å². The number of nitrogens with zero attached hydrogens (tertiary/aromatic N) is 2. The van der Waals surface area contributed by atoms with Gasteiger partial charge in [-0.2, -0.15) is 0 Å². The van der Waals surface area contributed by atoms with Gasteiger partial charge in [0, 0.05) is 36.8 Å². The first-order valence-corrected chi connectivity index (χ1v) is 9.64. The molecule has 1 aliphatic heterocycles.